The monoisotopic (exact) mass is 276 g/mol. The van der Waals surface area contributed by atoms with Crippen molar-refractivity contribution in [3.63, 3.8) is 0 Å². The van der Waals surface area contributed by atoms with Gasteiger partial charge in [-0.2, -0.15) is 0 Å². The zero-order valence-corrected chi connectivity index (χ0v) is 9.56. The van der Waals surface area contributed by atoms with E-state index in [2.05, 4.69) is 13.5 Å². The van der Waals surface area contributed by atoms with E-state index in [-0.39, 0.29) is 0 Å². The van der Waals surface area contributed by atoms with Crippen molar-refractivity contribution in [3.8, 4) is 0 Å². The second-order valence-corrected chi connectivity index (χ2v) is 16.3. The van der Waals surface area contributed by atoms with Crippen molar-refractivity contribution in [1.29, 1.82) is 0 Å². The van der Waals surface area contributed by atoms with Crippen LogP contribution < -0.4 is 0 Å². The first-order valence-corrected chi connectivity index (χ1v) is 11.4. The predicted molar refractivity (Wildman–Crippen MR) is 50.1 cm³/mol. The minimum atomic E-state index is -1.85. The van der Waals surface area contributed by atoms with Crippen LogP contribution in [0.5, 0.6) is 0 Å². The molecule has 2 unspecified atom stereocenters. The Kier molecular flexibility index (Phi) is 3.10. The summed E-state index contributed by atoms with van der Waals surface area (Å²) < 4.78 is 3.38. The average molecular weight is 274 g/mol. The van der Waals surface area contributed by atoms with E-state index in [1.165, 1.54) is 17.3 Å². The second-order valence-electron chi connectivity index (χ2n) is 2.96. The molecule has 1 fully saturated rings. The van der Waals surface area contributed by atoms with Gasteiger partial charge in [-0.3, -0.25) is 0 Å². The minimum absolute atomic E-state index is 0.863. The van der Waals surface area contributed by atoms with Crippen LogP contribution in [0.4, 0.5) is 0 Å². The Balaban J connectivity index is 2.56. The third kappa shape index (κ3) is 1.70. The Labute approximate surface area is 71.2 Å². The molecule has 1 heterocycles. The van der Waals surface area contributed by atoms with Crippen molar-refractivity contribution in [2.24, 2.45) is 0 Å². The standard InChI is InChI=1S/C8H15ClTe/c1-3-6-10(9)7-4-5-8(10)2/h3,8H,1,4-7H2,2H3. The molecule has 2 heteroatoms. The van der Waals surface area contributed by atoms with Crippen molar-refractivity contribution in [2.75, 3.05) is 0 Å². The first-order valence-electron chi connectivity index (χ1n) is 3.77. The molecule has 0 saturated carbocycles. The molecule has 1 aliphatic heterocycles. The van der Waals surface area contributed by atoms with Gasteiger partial charge in [0.25, 0.3) is 0 Å². The fourth-order valence-corrected chi connectivity index (χ4v) is 10.6. The van der Waals surface area contributed by atoms with Crippen LogP contribution in [-0.2, 0) is 0 Å². The normalized spacial score (nSPS) is 46.4. The zero-order chi connectivity index (χ0) is 7.61. The number of halogens is 1. The van der Waals surface area contributed by atoms with E-state index in [9.17, 15) is 0 Å². The fraction of sp³-hybridized carbons (Fsp3) is 0.750. The topological polar surface area (TPSA) is 0 Å². The van der Waals surface area contributed by atoms with Gasteiger partial charge in [-0.15, -0.1) is 0 Å². The van der Waals surface area contributed by atoms with Crippen LogP contribution >= 0.6 is 8.96 Å². The molecule has 0 aliphatic carbocycles. The van der Waals surface area contributed by atoms with Crippen LogP contribution in [0.3, 0.4) is 0 Å². The molecule has 1 aliphatic rings. The van der Waals surface area contributed by atoms with E-state index in [0.29, 0.717) is 0 Å². The maximum atomic E-state index is 6.54. The fourth-order valence-electron chi connectivity index (χ4n) is 1.47. The molecule has 10 heavy (non-hydrogen) atoms. The average Bonchev–Trinajstić information content (AvgIpc) is 2.15. The van der Waals surface area contributed by atoms with Crippen molar-refractivity contribution in [2.45, 2.75) is 32.7 Å². The van der Waals surface area contributed by atoms with Crippen LogP contribution in [-0.4, -0.2) is 17.1 Å². The molecular formula is C8H15ClTe. The Morgan fingerprint density at radius 2 is 2.50 bits per heavy atom. The van der Waals surface area contributed by atoms with Gasteiger partial charge in [0.2, 0.25) is 0 Å². The summed E-state index contributed by atoms with van der Waals surface area (Å²) in [5, 5.41) is 0. The third-order valence-corrected chi connectivity index (χ3v) is 15.9. The molecule has 0 bridgehead atoms. The van der Waals surface area contributed by atoms with Gasteiger partial charge in [0.1, 0.15) is 0 Å². The van der Waals surface area contributed by atoms with E-state index in [0.717, 1.165) is 8.43 Å². The van der Waals surface area contributed by atoms with Crippen molar-refractivity contribution in [1.82, 2.24) is 0 Å². The van der Waals surface area contributed by atoms with Crippen molar-refractivity contribution < 1.29 is 0 Å². The summed E-state index contributed by atoms with van der Waals surface area (Å²) in [7, 11) is 6.54. The number of rotatable bonds is 2. The zero-order valence-electron chi connectivity index (χ0n) is 6.48. The van der Waals surface area contributed by atoms with E-state index in [4.69, 9.17) is 8.96 Å². The van der Waals surface area contributed by atoms with Crippen LogP contribution in [0.2, 0.25) is 12.9 Å². The first-order chi connectivity index (χ1) is 4.69. The van der Waals surface area contributed by atoms with Gasteiger partial charge in [0, 0.05) is 0 Å². The van der Waals surface area contributed by atoms with E-state index < -0.39 is 17.1 Å². The summed E-state index contributed by atoms with van der Waals surface area (Å²) in [6, 6.07) is 0. The number of hydrogen-bond acceptors (Lipinski definition) is 0. The second kappa shape index (κ2) is 3.48. The van der Waals surface area contributed by atoms with Gasteiger partial charge in [-0.25, -0.2) is 0 Å². The first kappa shape index (κ1) is 8.91. The quantitative estimate of drug-likeness (QED) is 0.533. The molecular weight excluding hydrogens is 259 g/mol. The predicted octanol–water partition coefficient (Wildman–Crippen LogP) is 3.54. The summed E-state index contributed by atoms with van der Waals surface area (Å²) in [5.74, 6) is 0. The summed E-state index contributed by atoms with van der Waals surface area (Å²) in [6.45, 7) is 6.09. The molecule has 1 saturated heterocycles. The molecule has 1 rings (SSSR count). The van der Waals surface area contributed by atoms with Crippen LogP contribution in [0.25, 0.3) is 0 Å². The van der Waals surface area contributed by atoms with Crippen LogP contribution in [0.15, 0.2) is 12.7 Å². The Morgan fingerprint density at radius 3 is 2.90 bits per heavy atom. The Bertz CT molecular complexity index is 135. The summed E-state index contributed by atoms with van der Waals surface area (Å²) in [5.41, 5.74) is 0. The molecule has 0 aromatic rings. The molecule has 60 valence electrons. The molecule has 2 atom stereocenters. The molecule has 0 N–H and O–H groups in total. The summed E-state index contributed by atoms with van der Waals surface area (Å²) >= 11 is -1.85. The van der Waals surface area contributed by atoms with Crippen molar-refractivity contribution >= 4 is 26.0 Å². The van der Waals surface area contributed by atoms with Gasteiger partial charge in [0.15, 0.2) is 0 Å². The molecule has 0 nitrogen and oxygen atoms in total. The Morgan fingerprint density at radius 1 is 1.80 bits per heavy atom. The van der Waals surface area contributed by atoms with Crippen LogP contribution in [0, 0.1) is 0 Å². The SMILES string of the molecule is C=CC[Te]1(Cl)CCCC1C. The summed E-state index contributed by atoms with van der Waals surface area (Å²) in [4.78, 5) is 0. The van der Waals surface area contributed by atoms with Gasteiger partial charge in [-0.1, -0.05) is 0 Å². The van der Waals surface area contributed by atoms with Gasteiger partial charge in [-0.05, 0) is 0 Å². The molecule has 0 radical (unpaired) electrons. The maximum absolute atomic E-state index is 6.54. The number of allylic oxidation sites excluding steroid dienone is 1. The van der Waals surface area contributed by atoms with Crippen LogP contribution in [0.1, 0.15) is 19.8 Å². The molecule has 0 amide bonds. The van der Waals surface area contributed by atoms with Gasteiger partial charge < -0.3 is 0 Å². The molecule has 0 spiro atoms. The number of hydrogen-bond donors (Lipinski definition) is 0. The molecule has 0 aromatic heterocycles. The Hall–Kier alpha value is 0.820. The van der Waals surface area contributed by atoms with E-state index in [1.807, 2.05) is 6.08 Å². The van der Waals surface area contributed by atoms with Gasteiger partial charge >= 0.3 is 71.3 Å². The van der Waals surface area contributed by atoms with Gasteiger partial charge in [0.05, 0.1) is 0 Å². The third-order valence-electron chi connectivity index (χ3n) is 2.21. The summed E-state index contributed by atoms with van der Waals surface area (Å²) in [6.07, 6.45) is 4.77. The van der Waals surface area contributed by atoms with E-state index >= 15 is 0 Å². The van der Waals surface area contributed by atoms with Crippen molar-refractivity contribution in [3.05, 3.63) is 12.7 Å². The molecule has 0 aromatic carbocycles. The van der Waals surface area contributed by atoms with E-state index in [1.54, 1.807) is 0 Å².